The van der Waals surface area contributed by atoms with Crippen molar-refractivity contribution in [1.29, 1.82) is 0 Å². The molecule has 2 rings (SSSR count). The zero-order valence-electron chi connectivity index (χ0n) is 16.0. The number of unbranched alkanes of at least 4 members (excludes halogenated alkanes) is 3. The maximum Gasteiger partial charge on any atom is 0.333 e. The number of hydrogen-bond donors (Lipinski definition) is 0. The Labute approximate surface area is 149 Å². The maximum absolute atomic E-state index is 11.6. The molecule has 2 saturated carbocycles. The van der Waals surface area contributed by atoms with E-state index in [0.29, 0.717) is 5.57 Å². The van der Waals surface area contributed by atoms with Crippen molar-refractivity contribution in [3.8, 4) is 0 Å². The number of esters is 1. The molecule has 0 amide bonds. The van der Waals surface area contributed by atoms with Gasteiger partial charge in [-0.1, -0.05) is 58.4 Å². The van der Waals surface area contributed by atoms with Crippen molar-refractivity contribution in [2.45, 2.75) is 103 Å². The molecular formula is C22H38O2. The number of carbonyl (C=O) groups excluding carboxylic acids is 1. The predicted molar refractivity (Wildman–Crippen MR) is 101 cm³/mol. The Balaban J connectivity index is 1.62. The molecule has 0 aromatic heterocycles. The van der Waals surface area contributed by atoms with Crippen LogP contribution in [-0.2, 0) is 9.53 Å². The lowest BCUT2D eigenvalue weighted by Crippen LogP contribution is -2.29. The molecule has 2 aliphatic rings. The van der Waals surface area contributed by atoms with Crippen LogP contribution < -0.4 is 0 Å². The smallest absolute Gasteiger partial charge is 0.333 e. The summed E-state index contributed by atoms with van der Waals surface area (Å²) in [6.45, 7) is 7.69. The molecule has 2 heteroatoms. The van der Waals surface area contributed by atoms with Crippen LogP contribution in [0.4, 0.5) is 0 Å². The van der Waals surface area contributed by atoms with Crippen molar-refractivity contribution < 1.29 is 9.53 Å². The third kappa shape index (κ3) is 6.26. The highest BCUT2D eigenvalue weighted by Crippen LogP contribution is 2.41. The molecule has 0 saturated heterocycles. The molecule has 2 fully saturated rings. The lowest BCUT2D eigenvalue weighted by atomic mass is 9.70. The van der Waals surface area contributed by atoms with Gasteiger partial charge < -0.3 is 4.74 Å². The molecule has 138 valence electrons. The molecule has 0 bridgehead atoms. The van der Waals surface area contributed by atoms with E-state index in [1.54, 1.807) is 6.92 Å². The average molecular weight is 335 g/mol. The minimum atomic E-state index is -0.206. The lowest BCUT2D eigenvalue weighted by Gasteiger charge is -2.37. The second-order valence-corrected chi connectivity index (χ2v) is 8.35. The van der Waals surface area contributed by atoms with Crippen LogP contribution >= 0.6 is 0 Å². The van der Waals surface area contributed by atoms with Crippen molar-refractivity contribution in [2.75, 3.05) is 0 Å². The van der Waals surface area contributed by atoms with Crippen LogP contribution in [0.15, 0.2) is 12.2 Å². The predicted octanol–water partition coefficient (Wildman–Crippen LogP) is 6.44. The van der Waals surface area contributed by atoms with Crippen LogP contribution in [-0.4, -0.2) is 12.1 Å². The zero-order valence-corrected chi connectivity index (χ0v) is 16.0. The fourth-order valence-corrected chi connectivity index (χ4v) is 4.74. The van der Waals surface area contributed by atoms with Gasteiger partial charge in [0.2, 0.25) is 0 Å². The summed E-state index contributed by atoms with van der Waals surface area (Å²) in [5.41, 5.74) is 0.523. The van der Waals surface area contributed by atoms with Crippen molar-refractivity contribution >= 4 is 5.97 Å². The standard InChI is InChI=1S/C22H38O2/c1-4-5-6-7-8-18-9-11-19(12-10-18)20-13-15-21(16-14-20)24-22(23)17(2)3/h18-21H,2,4-16H2,1,3H3. The molecule has 0 heterocycles. The minimum Gasteiger partial charge on any atom is -0.459 e. The molecule has 0 aromatic carbocycles. The first-order chi connectivity index (χ1) is 11.6. The van der Waals surface area contributed by atoms with Gasteiger partial charge in [-0.2, -0.15) is 0 Å². The molecule has 24 heavy (non-hydrogen) atoms. The largest absolute Gasteiger partial charge is 0.459 e. The highest BCUT2D eigenvalue weighted by Gasteiger charge is 2.31. The monoisotopic (exact) mass is 334 g/mol. The van der Waals surface area contributed by atoms with E-state index in [0.717, 1.165) is 30.6 Å². The Morgan fingerprint density at radius 1 is 0.917 bits per heavy atom. The van der Waals surface area contributed by atoms with Gasteiger partial charge in [-0.3, -0.25) is 0 Å². The summed E-state index contributed by atoms with van der Waals surface area (Å²) >= 11 is 0. The number of hydrogen-bond acceptors (Lipinski definition) is 2. The van der Waals surface area contributed by atoms with E-state index in [1.165, 1.54) is 70.6 Å². The van der Waals surface area contributed by atoms with Gasteiger partial charge in [0, 0.05) is 5.57 Å². The number of carbonyl (C=O) groups is 1. The van der Waals surface area contributed by atoms with Gasteiger partial charge in [0.25, 0.3) is 0 Å². The van der Waals surface area contributed by atoms with Gasteiger partial charge in [0.15, 0.2) is 0 Å². The Morgan fingerprint density at radius 3 is 2.04 bits per heavy atom. The van der Waals surface area contributed by atoms with E-state index >= 15 is 0 Å². The SMILES string of the molecule is C=C(C)C(=O)OC1CCC(C2CCC(CCCCCC)CC2)CC1. The minimum absolute atomic E-state index is 0.139. The highest BCUT2D eigenvalue weighted by atomic mass is 16.5. The van der Waals surface area contributed by atoms with Crippen LogP contribution in [0.2, 0.25) is 0 Å². The number of ether oxygens (including phenoxy) is 1. The molecule has 0 aromatic rings. The maximum atomic E-state index is 11.6. The zero-order chi connectivity index (χ0) is 17.4. The highest BCUT2D eigenvalue weighted by molar-refractivity contribution is 5.87. The molecule has 0 spiro atoms. The molecule has 0 atom stereocenters. The van der Waals surface area contributed by atoms with Crippen LogP contribution in [0, 0.1) is 17.8 Å². The van der Waals surface area contributed by atoms with Crippen molar-refractivity contribution in [1.82, 2.24) is 0 Å². The van der Waals surface area contributed by atoms with Gasteiger partial charge in [-0.15, -0.1) is 0 Å². The third-order valence-electron chi connectivity index (χ3n) is 6.37. The first kappa shape index (κ1) is 19.5. The Kier molecular flexibility index (Phi) is 8.35. The molecule has 0 aliphatic heterocycles. The van der Waals surface area contributed by atoms with E-state index in [4.69, 9.17) is 4.74 Å². The van der Waals surface area contributed by atoms with Crippen LogP contribution in [0.25, 0.3) is 0 Å². The van der Waals surface area contributed by atoms with E-state index in [1.807, 2.05) is 0 Å². The molecule has 0 unspecified atom stereocenters. The quantitative estimate of drug-likeness (QED) is 0.290. The van der Waals surface area contributed by atoms with Crippen molar-refractivity contribution in [3.63, 3.8) is 0 Å². The second-order valence-electron chi connectivity index (χ2n) is 8.35. The first-order valence-electron chi connectivity index (χ1n) is 10.5. The van der Waals surface area contributed by atoms with E-state index in [-0.39, 0.29) is 12.1 Å². The van der Waals surface area contributed by atoms with Gasteiger partial charge in [-0.05, 0) is 63.2 Å². The Bertz CT molecular complexity index is 385. The normalized spacial score (nSPS) is 30.8. The molecular weight excluding hydrogens is 296 g/mol. The summed E-state index contributed by atoms with van der Waals surface area (Å²) in [5.74, 6) is 2.62. The first-order valence-corrected chi connectivity index (χ1v) is 10.5. The van der Waals surface area contributed by atoms with Gasteiger partial charge in [-0.25, -0.2) is 4.79 Å². The summed E-state index contributed by atoms with van der Waals surface area (Å²) in [5, 5.41) is 0. The summed E-state index contributed by atoms with van der Waals surface area (Å²) < 4.78 is 5.53. The Hall–Kier alpha value is -0.790. The van der Waals surface area contributed by atoms with E-state index < -0.39 is 0 Å². The van der Waals surface area contributed by atoms with E-state index in [2.05, 4.69) is 13.5 Å². The summed E-state index contributed by atoms with van der Waals surface area (Å²) in [6, 6.07) is 0. The fourth-order valence-electron chi connectivity index (χ4n) is 4.74. The van der Waals surface area contributed by atoms with Gasteiger partial charge >= 0.3 is 5.97 Å². The van der Waals surface area contributed by atoms with Crippen LogP contribution in [0.1, 0.15) is 97.3 Å². The van der Waals surface area contributed by atoms with Gasteiger partial charge in [0.05, 0.1) is 0 Å². The van der Waals surface area contributed by atoms with E-state index in [9.17, 15) is 4.79 Å². The number of rotatable bonds is 8. The van der Waals surface area contributed by atoms with Crippen LogP contribution in [0.5, 0.6) is 0 Å². The summed E-state index contributed by atoms with van der Waals surface area (Å²) in [4.78, 5) is 11.6. The second kappa shape index (κ2) is 10.3. The Morgan fingerprint density at radius 2 is 1.50 bits per heavy atom. The molecule has 2 aliphatic carbocycles. The summed E-state index contributed by atoms with van der Waals surface area (Å²) in [6.07, 6.45) is 17.7. The third-order valence-corrected chi connectivity index (χ3v) is 6.37. The average Bonchev–Trinajstić information content (AvgIpc) is 2.60. The van der Waals surface area contributed by atoms with Gasteiger partial charge in [0.1, 0.15) is 6.10 Å². The van der Waals surface area contributed by atoms with Crippen molar-refractivity contribution in [2.24, 2.45) is 17.8 Å². The summed E-state index contributed by atoms with van der Waals surface area (Å²) in [7, 11) is 0. The van der Waals surface area contributed by atoms with Crippen LogP contribution in [0.3, 0.4) is 0 Å². The molecule has 0 N–H and O–H groups in total. The molecule has 2 nitrogen and oxygen atoms in total. The fraction of sp³-hybridized carbons (Fsp3) is 0.864. The topological polar surface area (TPSA) is 26.3 Å². The lowest BCUT2D eigenvalue weighted by molar-refractivity contribution is -0.146. The van der Waals surface area contributed by atoms with Crippen molar-refractivity contribution in [3.05, 3.63) is 12.2 Å². The molecule has 0 radical (unpaired) electrons.